The van der Waals surface area contributed by atoms with E-state index >= 15 is 8.78 Å². The van der Waals surface area contributed by atoms with Crippen LogP contribution in [0.1, 0.15) is 94.9 Å². The fraction of sp³-hybridized carbons (Fsp3) is 0.440. The predicted molar refractivity (Wildman–Crippen MR) is 255 cm³/mol. The quantitative estimate of drug-likeness (QED) is 0.0606. The Morgan fingerprint density at radius 3 is 2.18 bits per heavy atom. The van der Waals surface area contributed by atoms with Gasteiger partial charge in [-0.3, -0.25) is 19.4 Å². The van der Waals surface area contributed by atoms with Crippen molar-refractivity contribution in [3.05, 3.63) is 123 Å². The van der Waals surface area contributed by atoms with Gasteiger partial charge in [0.05, 0.1) is 40.9 Å². The number of alkyl halides is 3. The summed E-state index contributed by atoms with van der Waals surface area (Å²) in [5, 5.41) is 20.4. The molecule has 0 bridgehead atoms. The molecule has 4 aromatic rings. The summed E-state index contributed by atoms with van der Waals surface area (Å²) >= 11 is 17.1. The number of anilines is 2. The normalized spacial score (nSPS) is 21.8. The number of thiol groups is 1. The van der Waals surface area contributed by atoms with E-state index in [9.17, 15) is 33.3 Å². The second kappa shape index (κ2) is 20.9. The van der Waals surface area contributed by atoms with Crippen LogP contribution in [-0.2, 0) is 25.9 Å². The lowest BCUT2D eigenvalue weighted by Crippen LogP contribution is -2.48. The molecule has 6 rings (SSSR count). The molecular formula is C50H53Cl2F5N6O4S. The summed E-state index contributed by atoms with van der Waals surface area (Å²) in [7, 11) is 0. The molecule has 5 unspecified atom stereocenters. The molecule has 2 heterocycles. The summed E-state index contributed by atoms with van der Waals surface area (Å²) in [4.78, 5) is 31.9. The molecule has 0 aromatic heterocycles. The minimum Gasteiger partial charge on any atom is -0.494 e. The first kappa shape index (κ1) is 52.3. The number of carbonyl (C=O) groups excluding carboxylic acids is 2. The van der Waals surface area contributed by atoms with Gasteiger partial charge in [-0.25, -0.2) is 8.78 Å². The van der Waals surface area contributed by atoms with E-state index in [1.165, 1.54) is 41.3 Å². The zero-order valence-electron chi connectivity index (χ0n) is 38.2. The number of benzene rings is 4. The topological polar surface area (TPSA) is 136 Å². The van der Waals surface area contributed by atoms with Crippen molar-refractivity contribution in [2.45, 2.75) is 107 Å². The molecule has 0 aliphatic carbocycles. The molecule has 362 valence electrons. The summed E-state index contributed by atoms with van der Waals surface area (Å²) in [6.07, 6.45) is -1.86. The van der Waals surface area contributed by atoms with Gasteiger partial charge in [0.25, 0.3) is 5.91 Å². The van der Waals surface area contributed by atoms with Crippen molar-refractivity contribution < 1.29 is 41.0 Å². The molecule has 18 heteroatoms. The average molecular weight is 1000 g/mol. The first-order chi connectivity index (χ1) is 32.0. The van der Waals surface area contributed by atoms with E-state index in [0.29, 0.717) is 56.9 Å². The zero-order valence-corrected chi connectivity index (χ0v) is 40.6. The number of halogens is 7. The number of carbonyl (C=O) groups is 2. The highest BCUT2D eigenvalue weighted by Gasteiger charge is 2.64. The Kier molecular flexibility index (Phi) is 16.0. The Labute approximate surface area is 409 Å². The first-order valence-electron chi connectivity index (χ1n) is 22.1. The minimum absolute atomic E-state index is 0.0179. The van der Waals surface area contributed by atoms with Crippen LogP contribution in [0.25, 0.3) is 0 Å². The number of ether oxygens (including phenoxy) is 2. The van der Waals surface area contributed by atoms with E-state index in [-0.39, 0.29) is 33.4 Å². The smallest absolute Gasteiger partial charge is 0.417 e. The Balaban J connectivity index is 1.04. The van der Waals surface area contributed by atoms with Crippen LogP contribution in [0.2, 0.25) is 10.0 Å². The number of nitrogens with two attached hydrogens (primary N) is 1. The van der Waals surface area contributed by atoms with Crippen molar-refractivity contribution in [1.29, 1.82) is 10.5 Å². The van der Waals surface area contributed by atoms with Gasteiger partial charge in [0.1, 0.15) is 28.3 Å². The highest BCUT2D eigenvalue weighted by atomic mass is 35.5. The second-order valence-corrected chi connectivity index (χ2v) is 20.1. The van der Waals surface area contributed by atoms with E-state index in [4.69, 9.17) is 38.4 Å². The Bertz CT molecular complexity index is 2580. The van der Waals surface area contributed by atoms with Gasteiger partial charge in [0, 0.05) is 53.7 Å². The molecule has 0 radical (unpaired) electrons. The van der Waals surface area contributed by atoms with Gasteiger partial charge in [-0.2, -0.15) is 23.7 Å². The van der Waals surface area contributed by atoms with Crippen molar-refractivity contribution in [2.24, 2.45) is 11.1 Å². The Morgan fingerprint density at radius 1 is 0.897 bits per heavy atom. The van der Waals surface area contributed by atoms with E-state index < -0.39 is 80.6 Å². The summed E-state index contributed by atoms with van der Waals surface area (Å²) < 4.78 is 85.4. The number of unbranched alkanes of at least 4 members (excludes halogenated alkanes) is 2. The molecular weight excluding hydrogens is 947 g/mol. The van der Waals surface area contributed by atoms with Crippen molar-refractivity contribution in [3.8, 4) is 17.9 Å². The number of primary amides is 1. The molecule has 0 spiro atoms. The molecule has 5 atom stereocenters. The maximum atomic E-state index is 16.1. The number of rotatable bonds is 17. The SMILES string of the molecule is CC(C)(C)CC1N(CCCOCCCCCOc2ccc(N3C(S)N(c4ccc(C#N)c(C(F)(F)F)c4)C(=O)C3(C)C)cc2)C(C(N)=O)C(c2cccc(Cl)c2F)C1(C#N)c1ccc(Cl)cc1F. The largest absolute Gasteiger partial charge is 0.494 e. The standard InChI is InChI=1S/C50H53Cl2F5N6O4S/c1-47(2,3)27-40-49(29-59,36-20-14-31(51)25-39(36)53)41(35-11-9-12-38(52)42(35)54)43(44(60)64)61(40)21-10-23-66-22-7-6-8-24-67-34-18-16-32(17-19-34)63-46(68)62(45(65)48(63,4)5)33-15-13-30(28-58)37(26-33)50(55,56)57/h9,11-20,25-26,40-41,43,46,68H,6-8,10,21-24,27H2,1-5H3,(H2,60,64). The summed E-state index contributed by atoms with van der Waals surface area (Å²) in [6.45, 7) is 10.6. The lowest BCUT2D eigenvalue weighted by atomic mass is 9.62. The fourth-order valence-electron chi connectivity index (χ4n) is 9.59. The number of likely N-dealkylation sites (tertiary alicyclic amines) is 1. The Hall–Kier alpha value is -5.10. The van der Waals surface area contributed by atoms with Gasteiger partial charge < -0.3 is 20.1 Å². The first-order valence-corrected chi connectivity index (χ1v) is 23.4. The van der Waals surface area contributed by atoms with Crippen LogP contribution in [0, 0.1) is 39.7 Å². The summed E-state index contributed by atoms with van der Waals surface area (Å²) in [5.41, 5.74) is 0.618. The number of nitrogens with zero attached hydrogens (tertiary/aromatic N) is 5. The molecule has 2 amide bonds. The number of hydrogen-bond donors (Lipinski definition) is 2. The van der Waals surface area contributed by atoms with Crippen LogP contribution in [0.5, 0.6) is 5.75 Å². The van der Waals surface area contributed by atoms with E-state index in [1.807, 2.05) is 25.7 Å². The molecule has 2 fully saturated rings. The van der Waals surface area contributed by atoms with Crippen LogP contribution in [0.3, 0.4) is 0 Å². The molecule has 0 saturated carbocycles. The highest BCUT2D eigenvalue weighted by Crippen LogP contribution is 2.56. The molecule has 2 aliphatic rings. The summed E-state index contributed by atoms with van der Waals surface area (Å²) in [5.74, 6) is -3.50. The number of nitriles is 2. The minimum atomic E-state index is -4.80. The van der Waals surface area contributed by atoms with Crippen LogP contribution in [-0.4, -0.2) is 66.2 Å². The third-order valence-corrected chi connectivity index (χ3v) is 13.6. The summed E-state index contributed by atoms with van der Waals surface area (Å²) in [6, 6.07) is 20.4. The maximum Gasteiger partial charge on any atom is 0.417 e. The van der Waals surface area contributed by atoms with Crippen LogP contribution in [0.15, 0.2) is 78.9 Å². The average Bonchev–Trinajstić information content (AvgIpc) is 3.63. The third-order valence-electron chi connectivity index (χ3n) is 12.6. The van der Waals surface area contributed by atoms with Crippen LogP contribution < -0.4 is 20.3 Å². The van der Waals surface area contributed by atoms with Gasteiger partial charge in [-0.05, 0) is 118 Å². The molecule has 4 aromatic carbocycles. The van der Waals surface area contributed by atoms with Gasteiger partial charge in [0.2, 0.25) is 5.91 Å². The second-order valence-electron chi connectivity index (χ2n) is 18.8. The van der Waals surface area contributed by atoms with Crippen molar-refractivity contribution in [3.63, 3.8) is 0 Å². The lowest BCUT2D eigenvalue weighted by molar-refractivity contribution is -0.137. The molecule has 2 N–H and O–H groups in total. The zero-order chi connectivity index (χ0) is 49.9. The molecule has 2 saturated heterocycles. The molecule has 2 aliphatic heterocycles. The van der Waals surface area contributed by atoms with Gasteiger partial charge in [-0.1, -0.05) is 62.2 Å². The van der Waals surface area contributed by atoms with Crippen molar-refractivity contribution >= 4 is 59.0 Å². The van der Waals surface area contributed by atoms with Gasteiger partial charge >= 0.3 is 6.18 Å². The van der Waals surface area contributed by atoms with E-state index in [2.05, 4.69) is 18.7 Å². The van der Waals surface area contributed by atoms with Gasteiger partial charge in [-0.15, -0.1) is 12.6 Å². The third kappa shape index (κ3) is 10.6. The highest BCUT2D eigenvalue weighted by molar-refractivity contribution is 7.81. The Morgan fingerprint density at radius 2 is 1.56 bits per heavy atom. The van der Waals surface area contributed by atoms with Crippen molar-refractivity contribution in [2.75, 3.05) is 36.2 Å². The number of hydrogen-bond acceptors (Lipinski definition) is 9. The lowest BCUT2D eigenvalue weighted by Gasteiger charge is -2.39. The predicted octanol–water partition coefficient (Wildman–Crippen LogP) is 11.2. The monoisotopic (exact) mass is 998 g/mol. The fourth-order valence-corrected chi connectivity index (χ4v) is 10.6. The van der Waals surface area contributed by atoms with Crippen LogP contribution >= 0.6 is 35.8 Å². The molecule has 68 heavy (non-hydrogen) atoms. The van der Waals surface area contributed by atoms with E-state index in [1.54, 1.807) is 49.1 Å². The van der Waals surface area contributed by atoms with Crippen LogP contribution in [0.4, 0.5) is 33.3 Å². The maximum absolute atomic E-state index is 16.1. The van der Waals surface area contributed by atoms with Crippen molar-refractivity contribution in [1.82, 2.24) is 4.90 Å². The number of amides is 2. The van der Waals surface area contributed by atoms with Gasteiger partial charge in [0.15, 0.2) is 5.50 Å². The van der Waals surface area contributed by atoms with E-state index in [0.717, 1.165) is 24.6 Å². The molecule has 10 nitrogen and oxygen atoms in total.